The molecule has 2 aromatic carbocycles. The molecular formula is C12H9N7O6. The fourth-order valence-corrected chi connectivity index (χ4v) is 1.81. The highest BCUT2D eigenvalue weighted by atomic mass is 16.6. The molecule has 0 heterocycles. The summed E-state index contributed by atoms with van der Waals surface area (Å²) in [6.45, 7) is 0. The lowest BCUT2D eigenvalue weighted by Gasteiger charge is -2.10. The Bertz CT molecular complexity index is 884. The molecule has 0 amide bonds. The van der Waals surface area contributed by atoms with E-state index in [9.17, 15) is 30.3 Å². The summed E-state index contributed by atoms with van der Waals surface area (Å²) >= 11 is 0. The van der Waals surface area contributed by atoms with Gasteiger partial charge in [0, 0.05) is 12.1 Å². The first kappa shape index (κ1) is 17.4. The molecule has 0 aromatic heterocycles. The third kappa shape index (κ3) is 3.85. The van der Waals surface area contributed by atoms with Crippen LogP contribution in [0.4, 0.5) is 28.4 Å². The first-order valence-corrected chi connectivity index (χ1v) is 6.44. The second kappa shape index (κ2) is 7.05. The Balaban J connectivity index is 2.38. The predicted molar refractivity (Wildman–Crippen MR) is 84.0 cm³/mol. The van der Waals surface area contributed by atoms with Gasteiger partial charge in [-0.1, -0.05) is 12.1 Å². The number of nitro groups is 3. The van der Waals surface area contributed by atoms with Gasteiger partial charge in [0.1, 0.15) is 0 Å². The number of benzene rings is 2. The Morgan fingerprint density at radius 2 is 1.52 bits per heavy atom. The van der Waals surface area contributed by atoms with E-state index in [2.05, 4.69) is 10.3 Å². The summed E-state index contributed by atoms with van der Waals surface area (Å²) in [7, 11) is 0. The molecule has 2 N–H and O–H groups in total. The van der Waals surface area contributed by atoms with Crippen LogP contribution in [-0.2, 0) is 0 Å². The lowest BCUT2D eigenvalue weighted by molar-refractivity contribution is -0.393. The van der Waals surface area contributed by atoms with E-state index in [1.54, 1.807) is 0 Å². The zero-order valence-corrected chi connectivity index (χ0v) is 12.3. The highest BCUT2D eigenvalue weighted by Crippen LogP contribution is 2.32. The van der Waals surface area contributed by atoms with Crippen molar-refractivity contribution in [1.82, 2.24) is 0 Å². The average Bonchev–Trinajstić information content (AvgIpc) is 2.59. The Kier molecular flexibility index (Phi) is 4.89. The minimum absolute atomic E-state index is 0.118. The maximum atomic E-state index is 11.1. The summed E-state index contributed by atoms with van der Waals surface area (Å²) in [6.07, 6.45) is 0. The van der Waals surface area contributed by atoms with Gasteiger partial charge in [0.2, 0.25) is 0 Å². The van der Waals surface area contributed by atoms with E-state index in [1.807, 2.05) is 0 Å². The molecule has 13 nitrogen and oxygen atoms in total. The minimum atomic E-state index is -0.872. The molecular weight excluding hydrogens is 338 g/mol. The molecule has 0 atom stereocenters. The van der Waals surface area contributed by atoms with Gasteiger partial charge in [-0.3, -0.25) is 30.3 Å². The maximum Gasteiger partial charge on any atom is 0.303 e. The third-order valence-corrected chi connectivity index (χ3v) is 2.94. The van der Waals surface area contributed by atoms with Crippen molar-refractivity contribution in [2.75, 3.05) is 5.12 Å². The van der Waals surface area contributed by atoms with Gasteiger partial charge in [0.25, 0.3) is 11.4 Å². The molecule has 0 saturated heterocycles. The highest BCUT2D eigenvalue weighted by molar-refractivity contribution is 5.65. The maximum absolute atomic E-state index is 11.1. The van der Waals surface area contributed by atoms with E-state index < -0.39 is 26.1 Å². The smallest absolute Gasteiger partial charge is 0.258 e. The number of non-ortho nitro benzene ring substituents is 1. The SMILES string of the molecule is NN(N=Nc1ccccc1[N+](=O)[O-])c1ccc([N+](=O)[O-])cc1[N+](=O)[O-]. The van der Waals surface area contributed by atoms with Crippen molar-refractivity contribution in [3.63, 3.8) is 0 Å². The number of nitrogens with zero attached hydrogens (tertiary/aromatic N) is 6. The van der Waals surface area contributed by atoms with Crippen LogP contribution < -0.4 is 11.0 Å². The van der Waals surface area contributed by atoms with E-state index in [0.717, 1.165) is 18.2 Å². The van der Waals surface area contributed by atoms with Crippen LogP contribution in [0.1, 0.15) is 0 Å². The van der Waals surface area contributed by atoms with Crippen LogP contribution >= 0.6 is 0 Å². The Morgan fingerprint density at radius 3 is 2.12 bits per heavy atom. The van der Waals surface area contributed by atoms with Crippen LogP contribution in [0.15, 0.2) is 52.8 Å². The molecule has 0 fully saturated rings. The number of rotatable bonds is 6. The molecule has 0 saturated carbocycles. The number of hydrogen-bond acceptors (Lipinski definition) is 9. The van der Waals surface area contributed by atoms with Gasteiger partial charge in [-0.15, -0.1) is 5.11 Å². The van der Waals surface area contributed by atoms with Crippen molar-refractivity contribution in [1.29, 1.82) is 0 Å². The number of hydrazine groups is 1. The Morgan fingerprint density at radius 1 is 0.880 bits per heavy atom. The minimum Gasteiger partial charge on any atom is -0.258 e. The van der Waals surface area contributed by atoms with Crippen LogP contribution in [0, 0.1) is 30.3 Å². The molecule has 25 heavy (non-hydrogen) atoms. The summed E-state index contributed by atoms with van der Waals surface area (Å²) in [5, 5.41) is 40.2. The van der Waals surface area contributed by atoms with Gasteiger partial charge in [-0.25, -0.2) is 5.84 Å². The molecule has 2 aromatic rings. The molecule has 0 spiro atoms. The standard InChI is InChI=1S/C12H9N7O6/c13-16(15-14-9-3-1-2-4-10(9)18(22)23)11-6-5-8(17(20)21)7-12(11)19(24)25/h1-7H,13H2. The van der Waals surface area contributed by atoms with Gasteiger partial charge < -0.3 is 0 Å². The van der Waals surface area contributed by atoms with Gasteiger partial charge in [0.15, 0.2) is 11.4 Å². The van der Waals surface area contributed by atoms with E-state index >= 15 is 0 Å². The van der Waals surface area contributed by atoms with Crippen molar-refractivity contribution in [2.45, 2.75) is 0 Å². The molecule has 2 rings (SSSR count). The number of para-hydroxylation sites is 1. The van der Waals surface area contributed by atoms with Crippen LogP contribution in [0.2, 0.25) is 0 Å². The highest BCUT2D eigenvalue weighted by Gasteiger charge is 2.22. The van der Waals surface area contributed by atoms with Crippen LogP contribution in [0.25, 0.3) is 0 Å². The molecule has 0 aliphatic carbocycles. The van der Waals surface area contributed by atoms with E-state index in [1.165, 1.54) is 24.3 Å². The number of nitrogens with two attached hydrogens (primary N) is 1. The quantitative estimate of drug-likeness (QED) is 0.357. The van der Waals surface area contributed by atoms with Gasteiger partial charge >= 0.3 is 5.69 Å². The molecule has 128 valence electrons. The lowest BCUT2D eigenvalue weighted by atomic mass is 10.2. The second-order valence-electron chi connectivity index (χ2n) is 4.47. The molecule has 0 bridgehead atoms. The van der Waals surface area contributed by atoms with Crippen LogP contribution in [-0.4, -0.2) is 14.8 Å². The Hall–Kier alpha value is -4.00. The van der Waals surface area contributed by atoms with Gasteiger partial charge in [0.05, 0.1) is 20.8 Å². The normalized spacial score (nSPS) is 10.6. The molecule has 0 radical (unpaired) electrons. The molecule has 13 heteroatoms. The van der Waals surface area contributed by atoms with Gasteiger partial charge in [-0.05, 0) is 17.4 Å². The molecule has 0 aliphatic heterocycles. The second-order valence-corrected chi connectivity index (χ2v) is 4.47. The first-order chi connectivity index (χ1) is 11.8. The van der Waals surface area contributed by atoms with Crippen molar-refractivity contribution < 1.29 is 14.8 Å². The van der Waals surface area contributed by atoms with E-state index in [4.69, 9.17) is 5.84 Å². The van der Waals surface area contributed by atoms with E-state index in [0.29, 0.717) is 5.12 Å². The number of hydrogen-bond donors (Lipinski definition) is 1. The van der Waals surface area contributed by atoms with Crippen LogP contribution in [0.5, 0.6) is 0 Å². The van der Waals surface area contributed by atoms with Gasteiger partial charge in [-0.2, -0.15) is 5.12 Å². The van der Waals surface area contributed by atoms with Crippen molar-refractivity contribution in [3.8, 4) is 0 Å². The number of anilines is 1. The topological polar surface area (TPSA) is 183 Å². The summed E-state index contributed by atoms with van der Waals surface area (Å²) in [6, 6.07) is 8.16. The summed E-state index contributed by atoms with van der Waals surface area (Å²) in [4.78, 5) is 30.3. The monoisotopic (exact) mass is 347 g/mol. The largest absolute Gasteiger partial charge is 0.303 e. The fourth-order valence-electron chi connectivity index (χ4n) is 1.81. The van der Waals surface area contributed by atoms with Crippen LogP contribution in [0.3, 0.4) is 0 Å². The number of nitro benzene ring substituents is 3. The summed E-state index contributed by atoms with van der Waals surface area (Å²) in [5.41, 5.74) is -1.90. The first-order valence-electron chi connectivity index (χ1n) is 6.44. The summed E-state index contributed by atoms with van der Waals surface area (Å²) < 4.78 is 0. The lowest BCUT2D eigenvalue weighted by Crippen LogP contribution is -2.24. The fraction of sp³-hybridized carbons (Fsp3) is 0. The Labute approximate surface area is 138 Å². The summed E-state index contributed by atoms with van der Waals surface area (Å²) in [5.74, 6) is 5.56. The predicted octanol–water partition coefficient (Wildman–Crippen LogP) is 2.79. The zero-order valence-electron chi connectivity index (χ0n) is 12.3. The van der Waals surface area contributed by atoms with Crippen molar-refractivity contribution in [3.05, 3.63) is 72.8 Å². The van der Waals surface area contributed by atoms with Crippen molar-refractivity contribution >= 4 is 28.4 Å². The zero-order chi connectivity index (χ0) is 18.6. The molecule has 0 aliphatic rings. The third-order valence-electron chi connectivity index (χ3n) is 2.94. The van der Waals surface area contributed by atoms with Crippen molar-refractivity contribution in [2.24, 2.45) is 16.2 Å². The average molecular weight is 347 g/mol. The molecule has 0 unspecified atom stereocenters. The van der Waals surface area contributed by atoms with E-state index in [-0.39, 0.29) is 17.1 Å².